The molecule has 1 aliphatic heterocycles. The highest BCUT2D eigenvalue weighted by Crippen LogP contribution is 2.31. The average molecular weight is 220 g/mol. The van der Waals surface area contributed by atoms with Gasteiger partial charge in [0.2, 0.25) is 6.29 Å². The summed E-state index contributed by atoms with van der Waals surface area (Å²) in [5.74, 6) is -0.332. The summed E-state index contributed by atoms with van der Waals surface area (Å²) in [5, 5.41) is 0. The zero-order valence-corrected chi connectivity index (χ0v) is 9.15. The summed E-state index contributed by atoms with van der Waals surface area (Å²) in [6, 6.07) is 5.28. The van der Waals surface area contributed by atoms with E-state index in [0.29, 0.717) is 12.0 Å². The van der Waals surface area contributed by atoms with Crippen molar-refractivity contribution in [1.29, 1.82) is 0 Å². The van der Waals surface area contributed by atoms with Crippen LogP contribution in [0.15, 0.2) is 18.2 Å². The van der Waals surface area contributed by atoms with Crippen molar-refractivity contribution in [2.24, 2.45) is 0 Å². The first kappa shape index (κ1) is 10.8. The number of ketones is 1. The van der Waals surface area contributed by atoms with E-state index in [1.54, 1.807) is 12.1 Å². The lowest BCUT2D eigenvalue weighted by Crippen LogP contribution is -1.99. The summed E-state index contributed by atoms with van der Waals surface area (Å²) in [7, 11) is 1.48. The predicted octanol–water partition coefficient (Wildman–Crippen LogP) is 1.63. The van der Waals surface area contributed by atoms with Crippen molar-refractivity contribution in [3.05, 3.63) is 34.9 Å². The fraction of sp³-hybridized carbons (Fsp3) is 0.333. The Morgan fingerprint density at radius 2 is 2.25 bits per heavy atom. The minimum absolute atomic E-state index is 0.0644. The van der Waals surface area contributed by atoms with E-state index in [9.17, 15) is 9.59 Å². The lowest BCUT2D eigenvalue weighted by molar-refractivity contribution is -0.116. The van der Waals surface area contributed by atoms with Gasteiger partial charge in [-0.15, -0.1) is 0 Å². The molecule has 0 fully saturated rings. The van der Waals surface area contributed by atoms with Crippen LogP contribution in [0.2, 0.25) is 0 Å². The van der Waals surface area contributed by atoms with E-state index in [2.05, 4.69) is 0 Å². The number of hydrogen-bond acceptors (Lipinski definition) is 4. The number of carbonyl (C=O) groups is 2. The standard InChI is InChI=1S/C12H12O4/c1-7(13)5-8-3-4-9-10(6-8)11(14)16-12(9)15-2/h3-4,6,12H,5H2,1-2H3. The fourth-order valence-corrected chi connectivity index (χ4v) is 1.78. The number of cyclic esters (lactones) is 1. The zero-order chi connectivity index (χ0) is 11.7. The van der Waals surface area contributed by atoms with Gasteiger partial charge in [0.25, 0.3) is 0 Å². The Bertz CT molecular complexity index is 450. The van der Waals surface area contributed by atoms with Gasteiger partial charge in [-0.05, 0) is 18.6 Å². The minimum atomic E-state index is -0.617. The lowest BCUT2D eigenvalue weighted by atomic mass is 10.0. The smallest absolute Gasteiger partial charge is 0.341 e. The van der Waals surface area contributed by atoms with Gasteiger partial charge in [0.15, 0.2) is 0 Å². The molecule has 0 spiro atoms. The predicted molar refractivity (Wildman–Crippen MR) is 56.0 cm³/mol. The first-order chi connectivity index (χ1) is 7.61. The summed E-state index contributed by atoms with van der Waals surface area (Å²) in [6.45, 7) is 1.52. The number of esters is 1. The molecule has 1 aromatic rings. The lowest BCUT2D eigenvalue weighted by Gasteiger charge is -2.07. The molecule has 0 aromatic heterocycles. The van der Waals surface area contributed by atoms with Crippen molar-refractivity contribution in [2.75, 3.05) is 7.11 Å². The monoisotopic (exact) mass is 220 g/mol. The number of hydrogen-bond donors (Lipinski definition) is 0. The number of benzene rings is 1. The largest absolute Gasteiger partial charge is 0.428 e. The van der Waals surface area contributed by atoms with Gasteiger partial charge >= 0.3 is 5.97 Å². The number of carbonyl (C=O) groups excluding carboxylic acids is 2. The molecule has 0 amide bonds. The molecule has 84 valence electrons. The molecule has 4 nitrogen and oxygen atoms in total. The summed E-state index contributed by atoms with van der Waals surface area (Å²) in [6.07, 6.45) is -0.285. The normalized spacial score (nSPS) is 18.1. The van der Waals surface area contributed by atoms with Crippen LogP contribution in [0, 0.1) is 0 Å². The molecule has 2 rings (SSSR count). The first-order valence-electron chi connectivity index (χ1n) is 4.98. The van der Waals surface area contributed by atoms with Crippen LogP contribution >= 0.6 is 0 Å². The molecule has 0 radical (unpaired) electrons. The van der Waals surface area contributed by atoms with E-state index < -0.39 is 12.3 Å². The van der Waals surface area contributed by atoms with Crippen molar-refractivity contribution in [3.63, 3.8) is 0 Å². The van der Waals surface area contributed by atoms with Gasteiger partial charge in [0, 0.05) is 19.1 Å². The third-order valence-corrected chi connectivity index (χ3v) is 2.47. The first-order valence-corrected chi connectivity index (χ1v) is 4.98. The summed E-state index contributed by atoms with van der Waals surface area (Å²) < 4.78 is 10.0. The summed E-state index contributed by atoms with van der Waals surface area (Å²) >= 11 is 0. The highest BCUT2D eigenvalue weighted by molar-refractivity contribution is 5.94. The van der Waals surface area contributed by atoms with E-state index in [0.717, 1.165) is 11.1 Å². The molecule has 1 unspecified atom stereocenters. The maximum Gasteiger partial charge on any atom is 0.341 e. The quantitative estimate of drug-likeness (QED) is 0.726. The van der Waals surface area contributed by atoms with Crippen LogP contribution in [-0.4, -0.2) is 18.9 Å². The third kappa shape index (κ3) is 1.84. The number of methoxy groups -OCH3 is 1. The molecule has 0 N–H and O–H groups in total. The van der Waals surface area contributed by atoms with Gasteiger partial charge in [-0.2, -0.15) is 0 Å². The highest BCUT2D eigenvalue weighted by atomic mass is 16.7. The molecule has 4 heteroatoms. The summed E-state index contributed by atoms with van der Waals surface area (Å²) in [5.41, 5.74) is 2.03. The Balaban J connectivity index is 2.36. The number of fused-ring (bicyclic) bond motifs is 1. The fourth-order valence-electron chi connectivity index (χ4n) is 1.78. The van der Waals surface area contributed by atoms with Gasteiger partial charge in [-0.3, -0.25) is 4.79 Å². The molecule has 1 aromatic carbocycles. The number of ether oxygens (including phenoxy) is 2. The van der Waals surface area contributed by atoms with Crippen molar-refractivity contribution in [1.82, 2.24) is 0 Å². The molecule has 1 heterocycles. The van der Waals surface area contributed by atoms with Crippen molar-refractivity contribution in [2.45, 2.75) is 19.6 Å². The van der Waals surface area contributed by atoms with Crippen LogP contribution in [0.4, 0.5) is 0 Å². The van der Waals surface area contributed by atoms with Crippen LogP contribution < -0.4 is 0 Å². The van der Waals surface area contributed by atoms with E-state index in [1.807, 2.05) is 6.07 Å². The van der Waals surface area contributed by atoms with Crippen LogP contribution in [0.5, 0.6) is 0 Å². The number of Topliss-reactive ketones (excluding diaryl/α,β-unsaturated/α-hetero) is 1. The van der Waals surface area contributed by atoms with E-state index in [-0.39, 0.29) is 5.78 Å². The van der Waals surface area contributed by atoms with Crippen LogP contribution in [0.3, 0.4) is 0 Å². The molecule has 0 saturated heterocycles. The third-order valence-electron chi connectivity index (χ3n) is 2.47. The topological polar surface area (TPSA) is 52.6 Å². The van der Waals surface area contributed by atoms with Crippen LogP contribution in [0.1, 0.15) is 34.7 Å². The molecule has 16 heavy (non-hydrogen) atoms. The zero-order valence-electron chi connectivity index (χ0n) is 9.15. The van der Waals surface area contributed by atoms with Crippen LogP contribution in [-0.2, 0) is 20.7 Å². The van der Waals surface area contributed by atoms with Crippen molar-refractivity contribution in [3.8, 4) is 0 Å². The van der Waals surface area contributed by atoms with Crippen molar-refractivity contribution >= 4 is 11.8 Å². The average Bonchev–Trinajstić information content (AvgIpc) is 2.55. The van der Waals surface area contributed by atoms with E-state index in [4.69, 9.17) is 9.47 Å². The van der Waals surface area contributed by atoms with E-state index in [1.165, 1.54) is 14.0 Å². The van der Waals surface area contributed by atoms with Gasteiger partial charge in [0.1, 0.15) is 5.78 Å². The Hall–Kier alpha value is -1.68. The Morgan fingerprint density at radius 3 is 2.88 bits per heavy atom. The number of rotatable bonds is 3. The Kier molecular flexibility index (Phi) is 2.75. The highest BCUT2D eigenvalue weighted by Gasteiger charge is 2.30. The van der Waals surface area contributed by atoms with Crippen molar-refractivity contribution < 1.29 is 19.1 Å². The van der Waals surface area contributed by atoms with Gasteiger partial charge in [-0.1, -0.05) is 12.1 Å². The Labute approximate surface area is 93.2 Å². The molecular weight excluding hydrogens is 208 g/mol. The molecular formula is C12H12O4. The molecule has 0 aliphatic carbocycles. The van der Waals surface area contributed by atoms with Gasteiger partial charge < -0.3 is 9.47 Å². The van der Waals surface area contributed by atoms with Gasteiger partial charge in [-0.25, -0.2) is 4.79 Å². The maximum absolute atomic E-state index is 11.5. The second-order valence-electron chi connectivity index (χ2n) is 3.77. The maximum atomic E-state index is 11.5. The summed E-state index contributed by atoms with van der Waals surface area (Å²) in [4.78, 5) is 22.5. The molecule has 1 aliphatic rings. The minimum Gasteiger partial charge on any atom is -0.428 e. The second kappa shape index (κ2) is 4.06. The van der Waals surface area contributed by atoms with Crippen LogP contribution in [0.25, 0.3) is 0 Å². The molecule has 1 atom stereocenters. The SMILES string of the molecule is COC1OC(=O)c2cc(CC(C)=O)ccc21. The van der Waals surface area contributed by atoms with E-state index >= 15 is 0 Å². The Morgan fingerprint density at radius 1 is 1.50 bits per heavy atom. The second-order valence-corrected chi connectivity index (χ2v) is 3.77. The van der Waals surface area contributed by atoms with Gasteiger partial charge in [0.05, 0.1) is 5.56 Å². The molecule has 0 bridgehead atoms. The molecule has 0 saturated carbocycles.